The molecule has 0 bridgehead atoms. The summed E-state index contributed by atoms with van der Waals surface area (Å²) in [6.45, 7) is 4.27. The van der Waals surface area contributed by atoms with Crippen LogP contribution in [0.5, 0.6) is 0 Å². The van der Waals surface area contributed by atoms with Crippen LogP contribution in [0, 0.1) is 5.92 Å². The molecule has 2 N–H and O–H groups in total. The van der Waals surface area contributed by atoms with E-state index in [4.69, 9.17) is 5.73 Å². The van der Waals surface area contributed by atoms with Crippen molar-refractivity contribution in [2.45, 2.75) is 51.6 Å². The van der Waals surface area contributed by atoms with Crippen LogP contribution in [0.4, 0.5) is 0 Å². The smallest absolute Gasteiger partial charge is 0.0991 e. The molecule has 0 amide bonds. The maximum atomic E-state index is 5.76. The highest BCUT2D eigenvalue weighted by molar-refractivity contribution is 4.98. The van der Waals surface area contributed by atoms with Gasteiger partial charge < -0.3 is 5.73 Å². The van der Waals surface area contributed by atoms with Crippen molar-refractivity contribution < 1.29 is 0 Å². The molecule has 1 aliphatic rings. The van der Waals surface area contributed by atoms with Crippen LogP contribution in [0.3, 0.4) is 0 Å². The van der Waals surface area contributed by atoms with Gasteiger partial charge in [-0.3, -0.25) is 0 Å². The van der Waals surface area contributed by atoms with Gasteiger partial charge in [-0.15, -0.1) is 5.10 Å². The molecule has 4 nitrogen and oxygen atoms in total. The van der Waals surface area contributed by atoms with Gasteiger partial charge in [0.05, 0.1) is 17.9 Å². The molecule has 1 heterocycles. The average Bonchev–Trinajstić information content (AvgIpc) is 2.68. The van der Waals surface area contributed by atoms with Crippen LogP contribution in [0.25, 0.3) is 0 Å². The summed E-state index contributed by atoms with van der Waals surface area (Å²) < 4.78 is 2.00. The third-order valence-corrected chi connectivity index (χ3v) is 3.35. The summed E-state index contributed by atoms with van der Waals surface area (Å²) in [5.41, 5.74) is 6.66. The lowest BCUT2D eigenvalue weighted by Gasteiger charge is -2.25. The summed E-state index contributed by atoms with van der Waals surface area (Å²) >= 11 is 0. The molecule has 15 heavy (non-hydrogen) atoms. The van der Waals surface area contributed by atoms with E-state index in [9.17, 15) is 0 Å². The third-order valence-electron chi connectivity index (χ3n) is 3.35. The van der Waals surface area contributed by atoms with Crippen molar-refractivity contribution in [3.8, 4) is 0 Å². The summed E-state index contributed by atoms with van der Waals surface area (Å²) in [5.74, 6) is 0.873. The molecule has 1 aromatic heterocycles. The second kappa shape index (κ2) is 4.31. The largest absolute Gasteiger partial charge is 0.323 e. The Balaban J connectivity index is 2.03. The molecular formula is C11H20N4. The van der Waals surface area contributed by atoms with E-state index in [0.29, 0.717) is 6.04 Å². The zero-order valence-electron chi connectivity index (χ0n) is 9.56. The second-order valence-electron chi connectivity index (χ2n) is 4.83. The maximum absolute atomic E-state index is 5.76. The lowest BCUT2D eigenvalue weighted by Crippen LogP contribution is -2.17. The fourth-order valence-corrected chi connectivity index (χ4v) is 2.18. The molecule has 1 fully saturated rings. The second-order valence-corrected chi connectivity index (χ2v) is 4.83. The molecule has 0 aromatic carbocycles. The van der Waals surface area contributed by atoms with Gasteiger partial charge in [0.25, 0.3) is 0 Å². The predicted octanol–water partition coefficient (Wildman–Crippen LogP) is 2.05. The number of aromatic nitrogens is 3. The van der Waals surface area contributed by atoms with Crippen LogP contribution in [-0.4, -0.2) is 15.0 Å². The number of nitrogens with two attached hydrogens (primary N) is 1. The highest BCUT2D eigenvalue weighted by Gasteiger charge is 2.20. The lowest BCUT2D eigenvalue weighted by atomic mass is 9.87. The minimum absolute atomic E-state index is 0.0127. The molecule has 84 valence electrons. The van der Waals surface area contributed by atoms with E-state index in [1.165, 1.54) is 25.7 Å². The standard InChI is InChI=1S/C11H20N4/c1-8-3-5-10(6-4-8)15-7-11(9(2)12)13-14-15/h7-10H,3-6,12H2,1-2H3. The first-order valence-corrected chi connectivity index (χ1v) is 5.84. The Bertz CT molecular complexity index is 310. The molecule has 1 aromatic rings. The predicted molar refractivity (Wildman–Crippen MR) is 59.3 cm³/mol. The molecule has 0 aliphatic heterocycles. The normalized spacial score (nSPS) is 29.0. The van der Waals surface area contributed by atoms with E-state index in [1.807, 2.05) is 17.8 Å². The van der Waals surface area contributed by atoms with Crippen LogP contribution in [0.15, 0.2) is 6.20 Å². The van der Waals surface area contributed by atoms with E-state index in [0.717, 1.165) is 11.6 Å². The number of rotatable bonds is 2. The number of hydrogen-bond acceptors (Lipinski definition) is 3. The zero-order valence-corrected chi connectivity index (χ0v) is 9.56. The summed E-state index contributed by atoms with van der Waals surface area (Å²) in [4.78, 5) is 0. The van der Waals surface area contributed by atoms with Crippen LogP contribution in [0.1, 0.15) is 57.3 Å². The number of nitrogens with zero attached hydrogens (tertiary/aromatic N) is 3. The van der Waals surface area contributed by atoms with Crippen molar-refractivity contribution >= 4 is 0 Å². The molecule has 0 saturated heterocycles. The Morgan fingerprint density at radius 1 is 1.40 bits per heavy atom. The molecule has 1 aliphatic carbocycles. The number of hydrogen-bond donors (Lipinski definition) is 1. The van der Waals surface area contributed by atoms with Crippen LogP contribution in [0.2, 0.25) is 0 Å². The van der Waals surface area contributed by atoms with Crippen LogP contribution in [-0.2, 0) is 0 Å². The minimum atomic E-state index is -0.0127. The highest BCUT2D eigenvalue weighted by atomic mass is 15.4. The molecule has 0 spiro atoms. The van der Waals surface area contributed by atoms with Gasteiger partial charge in [-0.2, -0.15) is 0 Å². The van der Waals surface area contributed by atoms with E-state index in [1.54, 1.807) is 0 Å². The Hall–Kier alpha value is -0.900. The van der Waals surface area contributed by atoms with Crippen molar-refractivity contribution in [1.82, 2.24) is 15.0 Å². The summed E-state index contributed by atoms with van der Waals surface area (Å²) in [6.07, 6.45) is 7.06. The topological polar surface area (TPSA) is 56.7 Å². The van der Waals surface area contributed by atoms with Crippen molar-refractivity contribution in [3.05, 3.63) is 11.9 Å². The molecule has 0 radical (unpaired) electrons. The Morgan fingerprint density at radius 3 is 2.60 bits per heavy atom. The first-order valence-electron chi connectivity index (χ1n) is 5.84. The molecule has 4 heteroatoms. The third kappa shape index (κ3) is 2.37. The first kappa shape index (κ1) is 10.6. The van der Waals surface area contributed by atoms with Crippen molar-refractivity contribution in [3.63, 3.8) is 0 Å². The molecule has 2 rings (SSSR count). The van der Waals surface area contributed by atoms with Crippen molar-refractivity contribution in [2.24, 2.45) is 11.7 Å². The highest BCUT2D eigenvalue weighted by Crippen LogP contribution is 2.31. The maximum Gasteiger partial charge on any atom is 0.0991 e. The fourth-order valence-electron chi connectivity index (χ4n) is 2.18. The monoisotopic (exact) mass is 208 g/mol. The van der Waals surface area contributed by atoms with E-state index in [-0.39, 0.29) is 6.04 Å². The van der Waals surface area contributed by atoms with Crippen LogP contribution >= 0.6 is 0 Å². The molecular weight excluding hydrogens is 188 g/mol. The van der Waals surface area contributed by atoms with Crippen molar-refractivity contribution in [1.29, 1.82) is 0 Å². The average molecular weight is 208 g/mol. The van der Waals surface area contributed by atoms with Gasteiger partial charge in [-0.05, 0) is 38.5 Å². The van der Waals surface area contributed by atoms with E-state index in [2.05, 4.69) is 17.2 Å². The van der Waals surface area contributed by atoms with Gasteiger partial charge in [0, 0.05) is 6.04 Å². The van der Waals surface area contributed by atoms with Gasteiger partial charge in [0.15, 0.2) is 0 Å². The Labute approximate surface area is 90.8 Å². The van der Waals surface area contributed by atoms with E-state index < -0.39 is 0 Å². The van der Waals surface area contributed by atoms with E-state index >= 15 is 0 Å². The summed E-state index contributed by atoms with van der Waals surface area (Å²) in [7, 11) is 0. The molecule has 1 saturated carbocycles. The van der Waals surface area contributed by atoms with Crippen molar-refractivity contribution in [2.75, 3.05) is 0 Å². The summed E-state index contributed by atoms with van der Waals surface area (Å²) in [5, 5.41) is 8.27. The van der Waals surface area contributed by atoms with Crippen LogP contribution < -0.4 is 5.73 Å². The van der Waals surface area contributed by atoms with Gasteiger partial charge >= 0.3 is 0 Å². The molecule has 1 atom stereocenters. The quantitative estimate of drug-likeness (QED) is 0.809. The van der Waals surface area contributed by atoms with Gasteiger partial charge in [0.1, 0.15) is 0 Å². The minimum Gasteiger partial charge on any atom is -0.323 e. The zero-order chi connectivity index (χ0) is 10.8. The Kier molecular flexibility index (Phi) is 3.05. The van der Waals surface area contributed by atoms with Gasteiger partial charge in [-0.25, -0.2) is 4.68 Å². The molecule has 1 unspecified atom stereocenters. The van der Waals surface area contributed by atoms with Gasteiger partial charge in [0.2, 0.25) is 0 Å². The van der Waals surface area contributed by atoms with Gasteiger partial charge in [-0.1, -0.05) is 12.1 Å². The first-order chi connectivity index (χ1) is 7.16. The fraction of sp³-hybridized carbons (Fsp3) is 0.818. The summed E-state index contributed by atoms with van der Waals surface area (Å²) in [6, 6.07) is 0.530. The SMILES string of the molecule is CC1CCC(n2cc(C(C)N)nn2)CC1. The lowest BCUT2D eigenvalue weighted by molar-refractivity contribution is 0.270. The Morgan fingerprint density at radius 2 is 2.07 bits per heavy atom.